The number of fused-ring (bicyclic) bond motifs is 4. The van der Waals surface area contributed by atoms with Crippen LogP contribution in [0.4, 0.5) is 0 Å². The van der Waals surface area contributed by atoms with Gasteiger partial charge in [-0.1, -0.05) is 18.2 Å². The summed E-state index contributed by atoms with van der Waals surface area (Å²) in [5, 5.41) is 0. The topological polar surface area (TPSA) is 48.0 Å². The van der Waals surface area contributed by atoms with Gasteiger partial charge in [0.05, 0.1) is 31.3 Å². The number of carbonyl (C=O) groups excluding carboxylic acids is 1. The van der Waals surface area contributed by atoms with Gasteiger partial charge in [-0.15, -0.1) is 0 Å². The summed E-state index contributed by atoms with van der Waals surface area (Å²) in [6, 6.07) is 8.34. The van der Waals surface area contributed by atoms with Gasteiger partial charge in [0.2, 0.25) is 5.91 Å². The molecule has 3 aliphatic rings. The fourth-order valence-corrected chi connectivity index (χ4v) is 4.68. The highest BCUT2D eigenvalue weighted by molar-refractivity contribution is 5.77. The largest absolute Gasteiger partial charge is 0.487 e. The Morgan fingerprint density at radius 1 is 1.36 bits per heavy atom. The highest BCUT2D eigenvalue weighted by Gasteiger charge is 2.53. The van der Waals surface area contributed by atoms with Crippen LogP contribution >= 0.6 is 0 Å². The average molecular weight is 345 g/mol. The number of hydrogen-bond acceptors (Lipinski definition) is 4. The lowest BCUT2D eigenvalue weighted by atomic mass is 9.74. The molecule has 0 bridgehead atoms. The number of nitrogens with zero attached hydrogens (tertiary/aromatic N) is 1. The van der Waals surface area contributed by atoms with Crippen LogP contribution in [0, 0.1) is 5.92 Å². The van der Waals surface area contributed by atoms with E-state index in [0.29, 0.717) is 13.0 Å². The van der Waals surface area contributed by atoms with Crippen molar-refractivity contribution in [3.05, 3.63) is 29.8 Å². The van der Waals surface area contributed by atoms with Gasteiger partial charge in [-0.3, -0.25) is 4.79 Å². The number of amides is 1. The van der Waals surface area contributed by atoms with E-state index in [4.69, 9.17) is 14.2 Å². The molecular weight excluding hydrogens is 318 g/mol. The third-order valence-electron chi connectivity index (χ3n) is 6.00. The summed E-state index contributed by atoms with van der Waals surface area (Å²) >= 11 is 0. The quantitative estimate of drug-likeness (QED) is 0.845. The van der Waals surface area contributed by atoms with Gasteiger partial charge in [-0.05, 0) is 32.8 Å². The number of benzene rings is 1. The molecule has 2 saturated heterocycles. The van der Waals surface area contributed by atoms with Crippen molar-refractivity contribution in [2.75, 3.05) is 20.3 Å². The minimum Gasteiger partial charge on any atom is -0.487 e. The zero-order valence-electron chi connectivity index (χ0n) is 15.2. The highest BCUT2D eigenvalue weighted by Crippen LogP contribution is 2.52. The Morgan fingerprint density at radius 3 is 2.96 bits per heavy atom. The molecule has 5 heteroatoms. The van der Waals surface area contributed by atoms with Gasteiger partial charge < -0.3 is 19.1 Å². The summed E-state index contributed by atoms with van der Waals surface area (Å²) in [7, 11) is 1.63. The van der Waals surface area contributed by atoms with Crippen LogP contribution in [0.3, 0.4) is 0 Å². The summed E-state index contributed by atoms with van der Waals surface area (Å²) in [5.74, 6) is 1.34. The second kappa shape index (κ2) is 6.29. The fourth-order valence-electron chi connectivity index (χ4n) is 4.68. The maximum Gasteiger partial charge on any atom is 0.225 e. The van der Waals surface area contributed by atoms with E-state index in [1.54, 1.807) is 7.11 Å². The van der Waals surface area contributed by atoms with Crippen LogP contribution in [0.2, 0.25) is 0 Å². The van der Waals surface area contributed by atoms with Crippen molar-refractivity contribution in [2.24, 2.45) is 5.92 Å². The van der Waals surface area contributed by atoms with Crippen LogP contribution in [0.1, 0.15) is 44.8 Å². The summed E-state index contributed by atoms with van der Waals surface area (Å²) in [4.78, 5) is 14.5. The van der Waals surface area contributed by atoms with Crippen LogP contribution < -0.4 is 4.74 Å². The zero-order chi connectivity index (χ0) is 17.6. The molecule has 25 heavy (non-hydrogen) atoms. The maximum absolute atomic E-state index is 12.5. The number of rotatable bonds is 3. The molecule has 5 nitrogen and oxygen atoms in total. The number of hydrogen-bond donors (Lipinski definition) is 0. The Hall–Kier alpha value is -1.59. The second-order valence-corrected chi connectivity index (χ2v) is 7.87. The molecule has 4 atom stereocenters. The molecule has 136 valence electrons. The van der Waals surface area contributed by atoms with Crippen molar-refractivity contribution in [2.45, 2.75) is 57.0 Å². The molecule has 0 radical (unpaired) electrons. The molecule has 0 aromatic heterocycles. The Balaban J connectivity index is 1.59. The lowest BCUT2D eigenvalue weighted by Crippen LogP contribution is -2.54. The van der Waals surface area contributed by atoms with E-state index < -0.39 is 0 Å². The minimum absolute atomic E-state index is 0.0511. The van der Waals surface area contributed by atoms with Crippen LogP contribution in [0.5, 0.6) is 5.75 Å². The summed E-state index contributed by atoms with van der Waals surface area (Å²) in [6.45, 7) is 5.52. The van der Waals surface area contributed by atoms with E-state index in [1.165, 1.54) is 0 Å². The predicted octanol–water partition coefficient (Wildman–Crippen LogP) is 2.94. The Labute approximate surface area is 149 Å². The van der Waals surface area contributed by atoms with Gasteiger partial charge in [0, 0.05) is 25.1 Å². The molecule has 0 spiro atoms. The van der Waals surface area contributed by atoms with E-state index in [0.717, 1.165) is 30.7 Å². The van der Waals surface area contributed by atoms with Crippen molar-refractivity contribution < 1.29 is 19.0 Å². The molecular formula is C20H27NO4. The maximum atomic E-state index is 12.5. The normalized spacial score (nSPS) is 32.4. The standard InChI is InChI=1S/C20H27NO4/c1-20(2)14-12-15-17(8-10-21(15)18(22)9-11-23-3)24-19(14)13-6-4-5-7-16(13)25-20/h4-7,14-15,17,19H,8-12H2,1-3H3/t14-,15-,17-,19+/m1/s1. The first kappa shape index (κ1) is 16.9. The van der Waals surface area contributed by atoms with Gasteiger partial charge in [0.15, 0.2) is 0 Å². The van der Waals surface area contributed by atoms with E-state index >= 15 is 0 Å². The van der Waals surface area contributed by atoms with Crippen LogP contribution in [-0.4, -0.2) is 48.8 Å². The molecule has 4 rings (SSSR count). The fraction of sp³-hybridized carbons (Fsp3) is 0.650. The van der Waals surface area contributed by atoms with E-state index in [2.05, 4.69) is 19.9 Å². The number of ether oxygens (including phenoxy) is 3. The monoisotopic (exact) mass is 345 g/mol. The molecule has 1 amide bonds. The first-order chi connectivity index (χ1) is 12.0. The van der Waals surface area contributed by atoms with Gasteiger partial charge in [0.1, 0.15) is 11.4 Å². The molecule has 1 aromatic carbocycles. The van der Waals surface area contributed by atoms with Crippen molar-refractivity contribution in [1.82, 2.24) is 4.90 Å². The Morgan fingerprint density at radius 2 is 2.16 bits per heavy atom. The van der Waals surface area contributed by atoms with Gasteiger partial charge in [-0.2, -0.15) is 0 Å². The summed E-state index contributed by atoms with van der Waals surface area (Å²) in [5.41, 5.74) is 0.836. The summed E-state index contributed by atoms with van der Waals surface area (Å²) in [6.07, 6.45) is 2.45. The lowest BCUT2D eigenvalue weighted by molar-refractivity contribution is -0.167. The van der Waals surface area contributed by atoms with Crippen molar-refractivity contribution in [3.8, 4) is 5.75 Å². The minimum atomic E-state index is -0.312. The smallest absolute Gasteiger partial charge is 0.225 e. The Kier molecular flexibility index (Phi) is 4.24. The molecule has 0 N–H and O–H groups in total. The second-order valence-electron chi connectivity index (χ2n) is 7.87. The summed E-state index contributed by atoms with van der Waals surface area (Å²) < 4.78 is 17.9. The molecule has 3 aliphatic heterocycles. The molecule has 0 unspecified atom stereocenters. The number of carbonyl (C=O) groups is 1. The number of likely N-dealkylation sites (tertiary alicyclic amines) is 1. The molecule has 3 heterocycles. The third-order valence-corrected chi connectivity index (χ3v) is 6.00. The molecule has 0 aliphatic carbocycles. The molecule has 2 fully saturated rings. The van der Waals surface area contributed by atoms with Crippen LogP contribution in [0.15, 0.2) is 24.3 Å². The van der Waals surface area contributed by atoms with Crippen LogP contribution in [-0.2, 0) is 14.3 Å². The predicted molar refractivity (Wildman–Crippen MR) is 93.5 cm³/mol. The third kappa shape index (κ3) is 2.83. The molecule has 1 aromatic rings. The molecule has 0 saturated carbocycles. The van der Waals surface area contributed by atoms with E-state index in [1.807, 2.05) is 23.1 Å². The van der Waals surface area contributed by atoms with Gasteiger partial charge in [0.25, 0.3) is 0 Å². The number of para-hydroxylation sites is 1. The van der Waals surface area contributed by atoms with Crippen molar-refractivity contribution >= 4 is 5.91 Å². The first-order valence-corrected chi connectivity index (χ1v) is 9.23. The van der Waals surface area contributed by atoms with Gasteiger partial charge >= 0.3 is 0 Å². The highest BCUT2D eigenvalue weighted by atomic mass is 16.5. The van der Waals surface area contributed by atoms with E-state index in [-0.39, 0.29) is 35.7 Å². The lowest BCUT2D eigenvalue weighted by Gasteiger charge is -2.50. The average Bonchev–Trinajstić information content (AvgIpc) is 3.01. The Bertz CT molecular complexity index is 659. The van der Waals surface area contributed by atoms with Crippen LogP contribution in [0.25, 0.3) is 0 Å². The van der Waals surface area contributed by atoms with Gasteiger partial charge in [-0.25, -0.2) is 0 Å². The van der Waals surface area contributed by atoms with Crippen molar-refractivity contribution in [1.29, 1.82) is 0 Å². The zero-order valence-corrected chi connectivity index (χ0v) is 15.2. The number of methoxy groups -OCH3 is 1. The SMILES string of the molecule is COCCC(=O)N1CC[C@H]2O[C@H]3c4ccccc4OC(C)(C)[C@@H]3C[C@H]21. The van der Waals surface area contributed by atoms with E-state index in [9.17, 15) is 4.79 Å². The first-order valence-electron chi connectivity index (χ1n) is 9.23. The van der Waals surface area contributed by atoms with Crippen molar-refractivity contribution in [3.63, 3.8) is 0 Å².